The van der Waals surface area contributed by atoms with E-state index in [4.69, 9.17) is 23.7 Å². The molecule has 1 saturated heterocycles. The van der Waals surface area contributed by atoms with Gasteiger partial charge in [-0.15, -0.1) is 0 Å². The van der Waals surface area contributed by atoms with E-state index in [-0.39, 0.29) is 23.4 Å². The lowest BCUT2D eigenvalue weighted by Crippen LogP contribution is -2.48. The lowest BCUT2D eigenvalue weighted by atomic mass is 9.99. The van der Waals surface area contributed by atoms with Crippen LogP contribution in [0.3, 0.4) is 0 Å². The molecular formula is C27H32N2O8. The summed E-state index contributed by atoms with van der Waals surface area (Å²) in [5.41, 5.74) is 2.15. The van der Waals surface area contributed by atoms with Gasteiger partial charge >= 0.3 is 6.09 Å². The van der Waals surface area contributed by atoms with E-state index in [0.29, 0.717) is 84.6 Å². The second-order valence-electron chi connectivity index (χ2n) is 8.72. The van der Waals surface area contributed by atoms with E-state index in [1.54, 1.807) is 43.0 Å². The third-order valence-corrected chi connectivity index (χ3v) is 6.52. The molecule has 1 fully saturated rings. The number of carbonyl (C=O) groups is 2. The molecular weight excluding hydrogens is 480 g/mol. The van der Waals surface area contributed by atoms with Crippen LogP contribution in [0, 0.1) is 6.92 Å². The lowest BCUT2D eigenvalue weighted by molar-refractivity contribution is 0.0774. The molecule has 198 valence electrons. The summed E-state index contributed by atoms with van der Waals surface area (Å²) in [4.78, 5) is 29.2. The van der Waals surface area contributed by atoms with Crippen LogP contribution in [0.2, 0.25) is 0 Å². The van der Waals surface area contributed by atoms with Crippen molar-refractivity contribution in [2.45, 2.75) is 20.4 Å². The van der Waals surface area contributed by atoms with E-state index in [2.05, 4.69) is 4.90 Å². The molecule has 0 saturated carbocycles. The number of Topliss-reactive ketones (excluding diaryl/α,β-unsaturated/α-hetero) is 1. The average molecular weight is 513 g/mol. The maximum absolute atomic E-state index is 13.4. The fourth-order valence-electron chi connectivity index (χ4n) is 4.64. The van der Waals surface area contributed by atoms with Crippen LogP contribution in [0.4, 0.5) is 4.79 Å². The van der Waals surface area contributed by atoms with Crippen LogP contribution < -0.4 is 18.9 Å². The minimum Gasteiger partial charge on any atom is -0.507 e. The summed E-state index contributed by atoms with van der Waals surface area (Å²) in [5, 5.41) is 10.8. The highest BCUT2D eigenvalue weighted by Gasteiger charge is 2.34. The first-order valence-electron chi connectivity index (χ1n) is 12.1. The lowest BCUT2D eigenvalue weighted by Gasteiger charge is -2.34. The van der Waals surface area contributed by atoms with Gasteiger partial charge in [0, 0.05) is 38.3 Å². The smallest absolute Gasteiger partial charge is 0.409 e. The molecule has 4 rings (SSSR count). The standard InChI is InChI=1S/C27H32N2O8/c1-6-36-27(32)29-11-9-28(10-12-29)15-18-19(30)13-16(2)22-23(31)21(37-25(18)22)14-17-7-8-20(33-3)26(35-5)24(17)34-4/h7-8,13-14,30H,6,9-12,15H2,1-5H3/b21-14+. The van der Waals surface area contributed by atoms with E-state index < -0.39 is 0 Å². The Balaban J connectivity index is 1.62. The third kappa shape index (κ3) is 5.01. The second kappa shape index (κ2) is 11.0. The zero-order valence-electron chi connectivity index (χ0n) is 21.8. The van der Waals surface area contributed by atoms with Crippen molar-refractivity contribution in [2.24, 2.45) is 0 Å². The van der Waals surface area contributed by atoms with Gasteiger partial charge < -0.3 is 33.7 Å². The number of allylic oxidation sites excluding steroid dienone is 1. The summed E-state index contributed by atoms with van der Waals surface area (Å²) >= 11 is 0. The molecule has 2 aromatic carbocycles. The number of benzene rings is 2. The highest BCUT2D eigenvalue weighted by molar-refractivity contribution is 6.16. The quantitative estimate of drug-likeness (QED) is 0.557. The Morgan fingerprint density at radius 3 is 2.41 bits per heavy atom. The van der Waals surface area contributed by atoms with E-state index in [1.165, 1.54) is 21.3 Å². The fraction of sp³-hybridized carbons (Fsp3) is 0.407. The topological polar surface area (TPSA) is 107 Å². The first-order valence-corrected chi connectivity index (χ1v) is 12.1. The van der Waals surface area contributed by atoms with Gasteiger partial charge in [-0.05, 0) is 43.7 Å². The first-order chi connectivity index (χ1) is 17.8. The van der Waals surface area contributed by atoms with Crippen molar-refractivity contribution in [2.75, 3.05) is 54.1 Å². The zero-order valence-corrected chi connectivity index (χ0v) is 21.8. The number of hydrogen-bond donors (Lipinski definition) is 1. The van der Waals surface area contributed by atoms with E-state index in [9.17, 15) is 14.7 Å². The second-order valence-corrected chi connectivity index (χ2v) is 8.72. The zero-order chi connectivity index (χ0) is 26.7. The minimum atomic E-state index is -0.324. The van der Waals surface area contributed by atoms with Crippen molar-refractivity contribution in [1.29, 1.82) is 0 Å². The van der Waals surface area contributed by atoms with Crippen LogP contribution in [0.5, 0.6) is 28.7 Å². The van der Waals surface area contributed by atoms with Gasteiger partial charge in [0.1, 0.15) is 11.5 Å². The molecule has 2 aliphatic heterocycles. The Kier molecular flexibility index (Phi) is 7.77. The van der Waals surface area contributed by atoms with Gasteiger partial charge in [0.2, 0.25) is 11.5 Å². The number of amides is 1. The van der Waals surface area contributed by atoms with Crippen LogP contribution in [0.15, 0.2) is 24.0 Å². The predicted molar refractivity (Wildman–Crippen MR) is 136 cm³/mol. The normalized spacial score (nSPS) is 16.4. The SMILES string of the molecule is CCOC(=O)N1CCN(Cc2c(O)cc(C)c3c2O/C(=C/c2ccc(OC)c(OC)c2OC)C3=O)CC1. The number of hydrogen-bond acceptors (Lipinski definition) is 9. The Morgan fingerprint density at radius 1 is 1.08 bits per heavy atom. The summed E-state index contributed by atoms with van der Waals surface area (Å²) in [5.74, 6) is 1.54. The molecule has 1 N–H and O–H groups in total. The summed E-state index contributed by atoms with van der Waals surface area (Å²) in [7, 11) is 4.55. The predicted octanol–water partition coefficient (Wildman–Crippen LogP) is 3.62. The largest absolute Gasteiger partial charge is 0.507 e. The number of ketones is 1. The van der Waals surface area contributed by atoms with Crippen LogP contribution >= 0.6 is 0 Å². The number of aryl methyl sites for hydroxylation is 1. The molecule has 10 heteroatoms. The number of carbonyl (C=O) groups excluding carboxylic acids is 2. The van der Waals surface area contributed by atoms with Gasteiger partial charge in [-0.1, -0.05) is 0 Å². The summed E-state index contributed by atoms with van der Waals surface area (Å²) < 4.78 is 27.5. The third-order valence-electron chi connectivity index (χ3n) is 6.52. The van der Waals surface area contributed by atoms with E-state index in [1.807, 2.05) is 0 Å². The van der Waals surface area contributed by atoms with Gasteiger partial charge in [-0.3, -0.25) is 9.69 Å². The highest BCUT2D eigenvalue weighted by atomic mass is 16.6. The molecule has 0 aromatic heterocycles. The maximum Gasteiger partial charge on any atom is 0.409 e. The van der Waals surface area contributed by atoms with Gasteiger partial charge in [0.05, 0.1) is 39.1 Å². The molecule has 0 radical (unpaired) electrons. The average Bonchev–Trinajstić information content (AvgIpc) is 3.22. The van der Waals surface area contributed by atoms with Crippen molar-refractivity contribution in [1.82, 2.24) is 9.80 Å². The molecule has 2 aliphatic rings. The van der Waals surface area contributed by atoms with Crippen LogP contribution in [0.25, 0.3) is 6.08 Å². The first kappa shape index (κ1) is 26.2. The molecule has 0 atom stereocenters. The molecule has 1 amide bonds. The van der Waals surface area contributed by atoms with Gasteiger partial charge in [-0.2, -0.15) is 0 Å². The van der Waals surface area contributed by atoms with E-state index in [0.717, 1.165) is 0 Å². The van der Waals surface area contributed by atoms with Crippen LogP contribution in [0.1, 0.15) is 34.0 Å². The summed E-state index contributed by atoms with van der Waals surface area (Å²) in [6.45, 7) is 6.46. The van der Waals surface area contributed by atoms with Crippen LogP contribution in [-0.4, -0.2) is 80.9 Å². The van der Waals surface area contributed by atoms with Gasteiger partial charge in [-0.25, -0.2) is 4.79 Å². The number of aromatic hydroxyl groups is 1. The Hall–Kier alpha value is -3.92. The highest BCUT2D eigenvalue weighted by Crippen LogP contribution is 2.44. The minimum absolute atomic E-state index is 0.0572. The number of rotatable bonds is 7. The Morgan fingerprint density at radius 2 is 1.78 bits per heavy atom. The van der Waals surface area contributed by atoms with E-state index >= 15 is 0 Å². The van der Waals surface area contributed by atoms with Gasteiger partial charge in [0.25, 0.3) is 0 Å². The molecule has 0 aliphatic carbocycles. The Labute approximate surface area is 215 Å². The molecule has 37 heavy (non-hydrogen) atoms. The monoisotopic (exact) mass is 512 g/mol. The molecule has 0 bridgehead atoms. The number of phenols is 1. The van der Waals surface area contributed by atoms with Crippen molar-refractivity contribution in [3.05, 3.63) is 46.2 Å². The van der Waals surface area contributed by atoms with Crippen molar-refractivity contribution in [3.63, 3.8) is 0 Å². The maximum atomic E-state index is 13.4. The molecule has 2 heterocycles. The Bertz CT molecular complexity index is 1230. The molecule has 0 spiro atoms. The number of piperazine rings is 1. The number of nitrogens with zero attached hydrogens (tertiary/aromatic N) is 2. The van der Waals surface area contributed by atoms with Crippen molar-refractivity contribution < 1.29 is 38.4 Å². The number of ether oxygens (including phenoxy) is 5. The molecule has 10 nitrogen and oxygen atoms in total. The van der Waals surface area contributed by atoms with Crippen molar-refractivity contribution >= 4 is 18.0 Å². The number of phenolic OH excluding ortho intramolecular Hbond substituents is 1. The molecule has 2 aromatic rings. The number of methoxy groups -OCH3 is 3. The van der Waals surface area contributed by atoms with Gasteiger partial charge in [0.15, 0.2) is 17.3 Å². The number of fused-ring (bicyclic) bond motifs is 1. The molecule has 0 unspecified atom stereocenters. The summed E-state index contributed by atoms with van der Waals surface area (Å²) in [6.07, 6.45) is 1.28. The summed E-state index contributed by atoms with van der Waals surface area (Å²) in [6, 6.07) is 5.06. The van der Waals surface area contributed by atoms with Crippen molar-refractivity contribution in [3.8, 4) is 28.7 Å². The van der Waals surface area contributed by atoms with Crippen LogP contribution in [-0.2, 0) is 11.3 Å². The fourth-order valence-corrected chi connectivity index (χ4v) is 4.64.